The molecule has 0 saturated carbocycles. The molecule has 4 heteroatoms. The van der Waals surface area contributed by atoms with Crippen LogP contribution in [0.4, 0.5) is 0 Å². The van der Waals surface area contributed by atoms with E-state index in [1.165, 1.54) is 16.7 Å². The van der Waals surface area contributed by atoms with Gasteiger partial charge in [0.1, 0.15) is 5.82 Å². The summed E-state index contributed by atoms with van der Waals surface area (Å²) in [7, 11) is 1.92. The van der Waals surface area contributed by atoms with Crippen LogP contribution in [0.2, 0.25) is 0 Å². The van der Waals surface area contributed by atoms with E-state index in [-0.39, 0.29) is 0 Å². The standard InChI is InChI=1S/C23H34N4/c1-7-8-10-15-22(17-26-19(2)3)16-20(4)23(24-5)27(25-6)18-21-13-11-9-12-14-21/h9-15,17,24H,6-8,16,18H2,1-5H3/b15-10+,22-17+,23-20-. The van der Waals surface area contributed by atoms with Crippen LogP contribution in [-0.2, 0) is 6.54 Å². The average molecular weight is 367 g/mol. The Morgan fingerprint density at radius 1 is 1.19 bits per heavy atom. The van der Waals surface area contributed by atoms with Crippen molar-refractivity contribution in [1.82, 2.24) is 10.3 Å². The maximum atomic E-state index is 4.49. The first-order valence-electron chi connectivity index (χ1n) is 9.54. The highest BCUT2D eigenvalue weighted by Gasteiger charge is 2.11. The molecule has 1 rings (SSSR count). The number of hydrogen-bond donors (Lipinski definition) is 1. The second kappa shape index (κ2) is 12.7. The number of aliphatic imine (C=N–C) groups is 1. The molecule has 0 heterocycles. The Bertz CT molecular complexity index is 692. The molecule has 4 nitrogen and oxygen atoms in total. The molecule has 1 aromatic rings. The van der Waals surface area contributed by atoms with Crippen molar-refractivity contribution >= 4 is 12.4 Å². The highest BCUT2D eigenvalue weighted by Crippen LogP contribution is 2.19. The predicted octanol–water partition coefficient (Wildman–Crippen LogP) is 5.67. The van der Waals surface area contributed by atoms with Crippen LogP contribution in [0.25, 0.3) is 0 Å². The molecule has 0 atom stereocenters. The number of hydrazone groups is 1. The van der Waals surface area contributed by atoms with Gasteiger partial charge in [0.2, 0.25) is 0 Å². The first kappa shape index (κ1) is 22.4. The summed E-state index contributed by atoms with van der Waals surface area (Å²) in [6, 6.07) is 10.3. The molecule has 0 aliphatic rings. The summed E-state index contributed by atoms with van der Waals surface area (Å²) < 4.78 is 0. The minimum absolute atomic E-state index is 0.675. The van der Waals surface area contributed by atoms with E-state index >= 15 is 0 Å². The topological polar surface area (TPSA) is 40.0 Å². The first-order valence-corrected chi connectivity index (χ1v) is 9.54. The fourth-order valence-corrected chi connectivity index (χ4v) is 2.67. The monoisotopic (exact) mass is 366 g/mol. The average Bonchev–Trinajstić information content (AvgIpc) is 2.66. The van der Waals surface area contributed by atoms with Gasteiger partial charge in [0, 0.05) is 25.7 Å². The zero-order valence-corrected chi connectivity index (χ0v) is 17.5. The molecular weight excluding hydrogens is 332 g/mol. The Hall–Kier alpha value is -2.62. The number of allylic oxidation sites excluding steroid dienone is 4. The molecule has 27 heavy (non-hydrogen) atoms. The van der Waals surface area contributed by atoms with Gasteiger partial charge in [0.25, 0.3) is 0 Å². The van der Waals surface area contributed by atoms with Crippen molar-refractivity contribution in [1.29, 1.82) is 0 Å². The summed E-state index contributed by atoms with van der Waals surface area (Å²) in [4.78, 5) is 4.49. The number of nitrogens with one attached hydrogen (secondary N) is 1. The van der Waals surface area contributed by atoms with Gasteiger partial charge in [-0.1, -0.05) is 55.8 Å². The smallest absolute Gasteiger partial charge is 0.121 e. The van der Waals surface area contributed by atoms with Crippen molar-refractivity contribution in [3.63, 3.8) is 0 Å². The lowest BCUT2D eigenvalue weighted by atomic mass is 10.1. The largest absolute Gasteiger partial charge is 0.373 e. The minimum Gasteiger partial charge on any atom is -0.373 e. The van der Waals surface area contributed by atoms with Crippen molar-refractivity contribution in [3.05, 3.63) is 71.2 Å². The van der Waals surface area contributed by atoms with Crippen molar-refractivity contribution in [2.45, 2.75) is 53.5 Å². The molecular formula is C23H34N4. The Labute approximate surface area is 165 Å². The highest BCUT2D eigenvalue weighted by molar-refractivity contribution is 5.79. The Morgan fingerprint density at radius 3 is 2.44 bits per heavy atom. The van der Waals surface area contributed by atoms with Gasteiger partial charge in [-0.15, -0.1) is 0 Å². The van der Waals surface area contributed by atoms with Gasteiger partial charge in [-0.2, -0.15) is 5.10 Å². The van der Waals surface area contributed by atoms with Crippen LogP contribution in [0, 0.1) is 0 Å². The number of hydrogen-bond acceptors (Lipinski definition) is 4. The third kappa shape index (κ3) is 8.54. The molecule has 0 aliphatic heterocycles. The fraction of sp³-hybridized carbons (Fsp3) is 0.391. The molecule has 1 N–H and O–H groups in total. The summed E-state index contributed by atoms with van der Waals surface area (Å²) in [6.07, 6.45) is 9.36. The Balaban J connectivity index is 3.08. The van der Waals surface area contributed by atoms with Crippen LogP contribution < -0.4 is 5.32 Å². The normalized spacial score (nSPS) is 12.6. The summed E-state index contributed by atoms with van der Waals surface area (Å²) >= 11 is 0. The summed E-state index contributed by atoms with van der Waals surface area (Å²) in [5.41, 5.74) is 4.61. The van der Waals surface area contributed by atoms with E-state index in [1.807, 2.05) is 50.3 Å². The van der Waals surface area contributed by atoms with Crippen LogP contribution in [0.5, 0.6) is 0 Å². The van der Waals surface area contributed by atoms with Crippen molar-refractivity contribution in [3.8, 4) is 0 Å². The Morgan fingerprint density at radius 2 is 1.89 bits per heavy atom. The molecule has 0 radical (unpaired) electrons. The molecule has 0 aliphatic carbocycles. The van der Waals surface area contributed by atoms with Gasteiger partial charge in [-0.25, -0.2) is 5.01 Å². The van der Waals surface area contributed by atoms with Crippen LogP contribution in [-0.4, -0.2) is 24.5 Å². The van der Waals surface area contributed by atoms with Crippen molar-refractivity contribution < 1.29 is 0 Å². The van der Waals surface area contributed by atoms with Gasteiger partial charge in [-0.3, -0.25) is 4.99 Å². The molecule has 0 unspecified atom stereocenters. The summed E-state index contributed by atoms with van der Waals surface area (Å²) in [5.74, 6) is 0.973. The maximum absolute atomic E-state index is 4.49. The van der Waals surface area contributed by atoms with E-state index in [0.717, 1.165) is 30.8 Å². The molecule has 0 aromatic heterocycles. The van der Waals surface area contributed by atoms with Crippen LogP contribution >= 0.6 is 0 Å². The summed E-state index contributed by atoms with van der Waals surface area (Å²) in [6.45, 7) is 12.8. The third-order valence-corrected chi connectivity index (χ3v) is 3.99. The number of unbranched alkanes of at least 4 members (excludes halogenated alkanes) is 1. The van der Waals surface area contributed by atoms with E-state index in [9.17, 15) is 0 Å². The number of benzene rings is 1. The molecule has 0 saturated heterocycles. The third-order valence-electron chi connectivity index (χ3n) is 3.99. The van der Waals surface area contributed by atoms with E-state index < -0.39 is 0 Å². The second-order valence-corrected chi connectivity index (χ2v) is 6.71. The van der Waals surface area contributed by atoms with Gasteiger partial charge < -0.3 is 5.32 Å². The van der Waals surface area contributed by atoms with Crippen LogP contribution in [0.1, 0.15) is 52.5 Å². The SMILES string of the molecule is C=NN(Cc1ccccc1)/C(NC)=C(/C)CC(=C/N=C(C)C)/C=C/CCC. The van der Waals surface area contributed by atoms with Gasteiger partial charge in [0.15, 0.2) is 0 Å². The lowest BCUT2D eigenvalue weighted by Crippen LogP contribution is -2.26. The van der Waals surface area contributed by atoms with E-state index in [0.29, 0.717) is 6.54 Å². The lowest BCUT2D eigenvalue weighted by Gasteiger charge is -2.24. The molecule has 0 bridgehead atoms. The van der Waals surface area contributed by atoms with Crippen molar-refractivity contribution in [2.24, 2.45) is 10.1 Å². The number of nitrogens with zero attached hydrogens (tertiary/aromatic N) is 3. The molecule has 0 amide bonds. The highest BCUT2D eigenvalue weighted by atomic mass is 15.5. The van der Waals surface area contributed by atoms with Gasteiger partial charge in [-0.05, 0) is 50.3 Å². The molecule has 146 valence electrons. The zero-order valence-electron chi connectivity index (χ0n) is 17.5. The molecule has 1 aromatic carbocycles. The first-order chi connectivity index (χ1) is 13.0. The van der Waals surface area contributed by atoms with Gasteiger partial charge in [0.05, 0.1) is 6.54 Å². The zero-order chi connectivity index (χ0) is 20.1. The number of rotatable bonds is 11. The van der Waals surface area contributed by atoms with Gasteiger partial charge >= 0.3 is 0 Å². The van der Waals surface area contributed by atoms with Crippen LogP contribution in [0.15, 0.2) is 75.7 Å². The van der Waals surface area contributed by atoms with Crippen LogP contribution in [0.3, 0.4) is 0 Å². The van der Waals surface area contributed by atoms with Crippen molar-refractivity contribution in [2.75, 3.05) is 7.05 Å². The fourth-order valence-electron chi connectivity index (χ4n) is 2.67. The lowest BCUT2D eigenvalue weighted by molar-refractivity contribution is 0.333. The Kier molecular flexibility index (Phi) is 10.5. The molecule has 0 spiro atoms. The second-order valence-electron chi connectivity index (χ2n) is 6.71. The maximum Gasteiger partial charge on any atom is 0.121 e. The summed E-state index contributed by atoms with van der Waals surface area (Å²) in [5, 5.41) is 9.43. The quantitative estimate of drug-likeness (QED) is 0.311. The predicted molar refractivity (Wildman–Crippen MR) is 119 cm³/mol. The molecule has 0 fully saturated rings. The van der Waals surface area contributed by atoms with E-state index in [4.69, 9.17) is 0 Å². The van der Waals surface area contributed by atoms with E-state index in [1.54, 1.807) is 0 Å². The minimum atomic E-state index is 0.675. The van der Waals surface area contributed by atoms with E-state index in [2.05, 4.69) is 60.3 Å².